The van der Waals surface area contributed by atoms with Crippen LogP contribution in [0.5, 0.6) is 0 Å². The third-order valence-electron chi connectivity index (χ3n) is 5.41. The van der Waals surface area contributed by atoms with Crippen LogP contribution in [0.3, 0.4) is 0 Å². The van der Waals surface area contributed by atoms with Gasteiger partial charge in [0.1, 0.15) is 0 Å². The van der Waals surface area contributed by atoms with Gasteiger partial charge in [0, 0.05) is 35.1 Å². The summed E-state index contributed by atoms with van der Waals surface area (Å²) in [5, 5.41) is 11.0. The Hall–Kier alpha value is -0.810. The molecule has 2 heterocycles. The Morgan fingerprint density at radius 3 is 2.65 bits per heavy atom. The Bertz CT molecular complexity index is 600. The fourth-order valence-corrected chi connectivity index (χ4v) is 4.46. The number of hydrogen-bond donors (Lipinski definition) is 1. The van der Waals surface area contributed by atoms with Crippen molar-refractivity contribution in [2.75, 3.05) is 33.2 Å². The lowest BCUT2D eigenvalue weighted by molar-refractivity contribution is -0.145. The van der Waals surface area contributed by atoms with Gasteiger partial charge in [-0.1, -0.05) is 29.3 Å². The van der Waals surface area contributed by atoms with Gasteiger partial charge in [0.15, 0.2) is 0 Å². The second-order valence-corrected chi connectivity index (χ2v) is 7.81. The fraction of sp³-hybridized carbons (Fsp3) is 0.588. The van der Waals surface area contributed by atoms with Crippen LogP contribution in [-0.2, 0) is 11.3 Å². The van der Waals surface area contributed by atoms with Crippen LogP contribution in [0, 0.1) is 11.3 Å². The maximum Gasteiger partial charge on any atom is 0.308 e. The predicted molar refractivity (Wildman–Crippen MR) is 92.0 cm³/mol. The van der Waals surface area contributed by atoms with Crippen molar-refractivity contribution in [3.05, 3.63) is 33.8 Å². The lowest BCUT2D eigenvalue weighted by Gasteiger charge is -2.40. The van der Waals surface area contributed by atoms with Gasteiger partial charge in [0.05, 0.1) is 5.92 Å². The Kier molecular flexibility index (Phi) is 4.88. The van der Waals surface area contributed by atoms with Crippen LogP contribution in [0.4, 0.5) is 0 Å². The highest BCUT2D eigenvalue weighted by atomic mass is 35.5. The first-order chi connectivity index (χ1) is 10.9. The molecule has 2 aliphatic rings. The highest BCUT2D eigenvalue weighted by Crippen LogP contribution is 2.45. The number of piperidine rings is 1. The highest BCUT2D eigenvalue weighted by molar-refractivity contribution is 6.35. The number of aliphatic carboxylic acids is 1. The van der Waals surface area contributed by atoms with Crippen LogP contribution in [0.2, 0.25) is 10.0 Å². The monoisotopic (exact) mass is 356 g/mol. The molecule has 0 saturated carbocycles. The third kappa shape index (κ3) is 3.50. The minimum Gasteiger partial charge on any atom is -0.481 e. The number of nitrogens with zero attached hydrogens (tertiary/aromatic N) is 2. The molecule has 126 valence electrons. The van der Waals surface area contributed by atoms with Gasteiger partial charge in [0.2, 0.25) is 0 Å². The summed E-state index contributed by atoms with van der Waals surface area (Å²) >= 11 is 12.2. The first kappa shape index (κ1) is 17.0. The summed E-state index contributed by atoms with van der Waals surface area (Å²) in [7, 11) is 2.10. The average molecular weight is 357 g/mol. The minimum absolute atomic E-state index is 0.1000. The van der Waals surface area contributed by atoms with E-state index in [0.29, 0.717) is 23.1 Å². The van der Waals surface area contributed by atoms with Crippen molar-refractivity contribution in [3.8, 4) is 0 Å². The third-order valence-corrected chi connectivity index (χ3v) is 6.00. The molecule has 6 heteroatoms. The molecule has 2 saturated heterocycles. The van der Waals surface area contributed by atoms with Crippen molar-refractivity contribution < 1.29 is 9.90 Å². The Balaban J connectivity index is 1.76. The molecule has 4 nitrogen and oxygen atoms in total. The van der Waals surface area contributed by atoms with Gasteiger partial charge >= 0.3 is 5.97 Å². The average Bonchev–Trinajstić information content (AvgIpc) is 2.84. The Labute approximate surface area is 147 Å². The van der Waals surface area contributed by atoms with E-state index in [1.165, 1.54) is 0 Å². The smallest absolute Gasteiger partial charge is 0.308 e. The standard InChI is InChI=1S/C17H22Cl2N2O2/c1-20-6-4-17(5-7-20)11-21(10-14(17)16(22)23)9-12-2-3-13(18)8-15(12)19/h2-3,8,14H,4-7,9-11H2,1H3,(H,22,23). The highest BCUT2D eigenvalue weighted by Gasteiger charge is 2.50. The van der Waals surface area contributed by atoms with Crippen LogP contribution in [0.25, 0.3) is 0 Å². The molecule has 0 bridgehead atoms. The maximum atomic E-state index is 11.8. The quantitative estimate of drug-likeness (QED) is 0.902. The fourth-order valence-electron chi connectivity index (χ4n) is 3.99. The van der Waals surface area contributed by atoms with Crippen LogP contribution < -0.4 is 0 Å². The molecule has 0 radical (unpaired) electrons. The summed E-state index contributed by atoms with van der Waals surface area (Å²) in [5.74, 6) is -0.957. The van der Waals surface area contributed by atoms with Crippen molar-refractivity contribution in [1.82, 2.24) is 9.80 Å². The summed E-state index contributed by atoms with van der Waals surface area (Å²) < 4.78 is 0. The van der Waals surface area contributed by atoms with Gasteiger partial charge in [-0.25, -0.2) is 0 Å². The van der Waals surface area contributed by atoms with E-state index in [2.05, 4.69) is 16.8 Å². The summed E-state index contributed by atoms with van der Waals surface area (Å²) in [6, 6.07) is 5.51. The van der Waals surface area contributed by atoms with E-state index in [1.54, 1.807) is 6.07 Å². The number of halogens is 2. The number of carboxylic acids is 1. The second kappa shape index (κ2) is 6.60. The van der Waals surface area contributed by atoms with E-state index >= 15 is 0 Å². The van der Waals surface area contributed by atoms with Crippen molar-refractivity contribution >= 4 is 29.2 Å². The maximum absolute atomic E-state index is 11.8. The molecule has 1 aromatic carbocycles. The molecule has 1 unspecified atom stereocenters. The molecule has 23 heavy (non-hydrogen) atoms. The number of carboxylic acid groups (broad SMARTS) is 1. The van der Waals surface area contributed by atoms with Crippen LogP contribution >= 0.6 is 23.2 Å². The van der Waals surface area contributed by atoms with Crippen molar-refractivity contribution in [3.63, 3.8) is 0 Å². The number of benzene rings is 1. The van der Waals surface area contributed by atoms with E-state index in [9.17, 15) is 9.90 Å². The minimum atomic E-state index is -0.667. The predicted octanol–water partition coefficient (Wildman–Crippen LogP) is 3.22. The van der Waals surface area contributed by atoms with E-state index in [0.717, 1.165) is 38.0 Å². The molecule has 2 aliphatic heterocycles. The van der Waals surface area contributed by atoms with Gasteiger partial charge in [-0.3, -0.25) is 9.69 Å². The van der Waals surface area contributed by atoms with E-state index in [1.807, 2.05) is 12.1 Å². The zero-order valence-corrected chi connectivity index (χ0v) is 14.8. The molecule has 0 amide bonds. The number of carbonyl (C=O) groups is 1. The second-order valence-electron chi connectivity index (χ2n) is 6.96. The van der Waals surface area contributed by atoms with Gasteiger partial charge in [-0.2, -0.15) is 0 Å². The topological polar surface area (TPSA) is 43.8 Å². The van der Waals surface area contributed by atoms with E-state index in [4.69, 9.17) is 23.2 Å². The van der Waals surface area contributed by atoms with Crippen LogP contribution in [0.15, 0.2) is 18.2 Å². The first-order valence-corrected chi connectivity index (χ1v) is 8.73. The Morgan fingerprint density at radius 1 is 1.35 bits per heavy atom. The number of hydrogen-bond acceptors (Lipinski definition) is 3. The molecular formula is C17H22Cl2N2O2. The molecular weight excluding hydrogens is 335 g/mol. The molecule has 1 spiro atoms. The molecule has 1 atom stereocenters. The van der Waals surface area contributed by atoms with Crippen LogP contribution in [0.1, 0.15) is 18.4 Å². The van der Waals surface area contributed by atoms with Crippen molar-refractivity contribution in [2.45, 2.75) is 19.4 Å². The molecule has 0 aromatic heterocycles. The van der Waals surface area contributed by atoms with Crippen molar-refractivity contribution in [2.24, 2.45) is 11.3 Å². The zero-order chi connectivity index (χ0) is 16.6. The molecule has 1 N–H and O–H groups in total. The van der Waals surface area contributed by atoms with Gasteiger partial charge < -0.3 is 10.0 Å². The Morgan fingerprint density at radius 2 is 2.04 bits per heavy atom. The summed E-state index contributed by atoms with van der Waals surface area (Å²) in [5.41, 5.74) is 0.905. The van der Waals surface area contributed by atoms with Crippen molar-refractivity contribution in [1.29, 1.82) is 0 Å². The lowest BCUT2D eigenvalue weighted by atomic mass is 9.71. The molecule has 0 aliphatic carbocycles. The lowest BCUT2D eigenvalue weighted by Crippen LogP contribution is -2.44. The van der Waals surface area contributed by atoms with Gasteiger partial charge in [-0.15, -0.1) is 0 Å². The number of likely N-dealkylation sites (tertiary alicyclic amines) is 2. The number of rotatable bonds is 3. The zero-order valence-electron chi connectivity index (χ0n) is 13.3. The van der Waals surface area contributed by atoms with E-state index < -0.39 is 5.97 Å². The normalized spacial score (nSPS) is 25.1. The SMILES string of the molecule is CN1CCC2(CC1)CN(Cc1ccc(Cl)cc1Cl)CC2C(=O)O. The largest absolute Gasteiger partial charge is 0.481 e. The summed E-state index contributed by atoms with van der Waals surface area (Å²) in [4.78, 5) is 16.3. The van der Waals surface area contributed by atoms with Crippen LogP contribution in [-0.4, -0.2) is 54.1 Å². The first-order valence-electron chi connectivity index (χ1n) is 7.97. The molecule has 2 fully saturated rings. The summed E-state index contributed by atoms with van der Waals surface area (Å²) in [6.45, 7) is 4.05. The molecule has 1 aromatic rings. The van der Waals surface area contributed by atoms with E-state index in [-0.39, 0.29) is 11.3 Å². The van der Waals surface area contributed by atoms with Gasteiger partial charge in [-0.05, 0) is 50.7 Å². The summed E-state index contributed by atoms with van der Waals surface area (Å²) in [6.07, 6.45) is 1.90. The van der Waals surface area contributed by atoms with Gasteiger partial charge in [0.25, 0.3) is 0 Å². The molecule has 3 rings (SSSR count).